The summed E-state index contributed by atoms with van der Waals surface area (Å²) in [4.78, 5) is 17.9. The number of amides is 1. The molecule has 0 bridgehead atoms. The number of nitrogens with zero attached hydrogens (tertiary/aromatic N) is 4. The predicted octanol–water partition coefficient (Wildman–Crippen LogP) is 1.80. The maximum Gasteiger partial charge on any atom is 0.288 e. The summed E-state index contributed by atoms with van der Waals surface area (Å²) in [5, 5.41) is 6.09. The Balaban J connectivity index is 2.21. The lowest BCUT2D eigenvalue weighted by Crippen LogP contribution is -2.24. The van der Waals surface area contributed by atoms with Crippen molar-refractivity contribution in [2.24, 2.45) is 5.11 Å². The molecule has 1 N–H and O–H groups in total. The van der Waals surface area contributed by atoms with Crippen LogP contribution in [0.25, 0.3) is 10.4 Å². The lowest BCUT2D eigenvalue weighted by Gasteiger charge is -2.01. The zero-order valence-corrected chi connectivity index (χ0v) is 9.01. The Bertz CT molecular complexity index is 394. The number of oxazole rings is 1. The molecule has 0 aliphatic heterocycles. The Morgan fingerprint density at radius 3 is 3.12 bits per heavy atom. The molecule has 0 aliphatic rings. The summed E-state index contributed by atoms with van der Waals surface area (Å²) in [5.74, 6) is -0.0196. The van der Waals surface area contributed by atoms with Gasteiger partial charge in [-0.2, -0.15) is 0 Å². The molecule has 0 spiro atoms. The van der Waals surface area contributed by atoms with Gasteiger partial charge in [-0.25, -0.2) is 4.98 Å². The molecule has 0 saturated carbocycles. The quantitative estimate of drug-likeness (QED) is 0.344. The highest BCUT2D eigenvalue weighted by molar-refractivity contribution is 5.92. The molecule has 0 atom stereocenters. The number of azide groups is 1. The molecule has 0 saturated heterocycles. The average molecular weight is 223 g/mol. The van der Waals surface area contributed by atoms with Gasteiger partial charge >= 0.3 is 0 Å². The van der Waals surface area contributed by atoms with Gasteiger partial charge in [-0.1, -0.05) is 5.11 Å². The molecule has 1 aromatic heterocycles. The van der Waals surface area contributed by atoms with Crippen molar-refractivity contribution in [2.75, 3.05) is 13.1 Å². The highest BCUT2D eigenvalue weighted by Gasteiger charge is 2.12. The van der Waals surface area contributed by atoms with E-state index in [2.05, 4.69) is 20.3 Å². The van der Waals surface area contributed by atoms with Gasteiger partial charge in [0, 0.05) is 18.0 Å². The van der Waals surface area contributed by atoms with Gasteiger partial charge in [-0.3, -0.25) is 4.79 Å². The van der Waals surface area contributed by atoms with E-state index in [1.165, 1.54) is 6.39 Å². The zero-order chi connectivity index (χ0) is 11.8. The van der Waals surface area contributed by atoms with Gasteiger partial charge < -0.3 is 9.73 Å². The monoisotopic (exact) mass is 223 g/mol. The van der Waals surface area contributed by atoms with Crippen molar-refractivity contribution in [3.8, 4) is 0 Å². The minimum Gasteiger partial charge on any atom is -0.438 e. The van der Waals surface area contributed by atoms with Crippen LogP contribution in [0.4, 0.5) is 0 Å². The van der Waals surface area contributed by atoms with Gasteiger partial charge in [-0.05, 0) is 25.3 Å². The molecule has 7 heteroatoms. The smallest absolute Gasteiger partial charge is 0.288 e. The third kappa shape index (κ3) is 3.62. The lowest BCUT2D eigenvalue weighted by atomic mass is 10.3. The first-order chi connectivity index (χ1) is 7.75. The van der Waals surface area contributed by atoms with E-state index in [-0.39, 0.29) is 11.7 Å². The number of carbonyl (C=O) groups is 1. The second kappa shape index (κ2) is 6.47. The van der Waals surface area contributed by atoms with Gasteiger partial charge in [0.1, 0.15) is 0 Å². The van der Waals surface area contributed by atoms with E-state index in [1.54, 1.807) is 6.92 Å². The number of nitrogens with one attached hydrogen (secondary N) is 1. The number of hydrogen-bond donors (Lipinski definition) is 1. The summed E-state index contributed by atoms with van der Waals surface area (Å²) in [5.41, 5.74) is 8.61. The summed E-state index contributed by atoms with van der Waals surface area (Å²) >= 11 is 0. The number of aromatic nitrogens is 1. The number of rotatable bonds is 6. The summed E-state index contributed by atoms with van der Waals surface area (Å²) in [6.45, 7) is 2.69. The van der Waals surface area contributed by atoms with Gasteiger partial charge in [0.15, 0.2) is 6.39 Å². The van der Waals surface area contributed by atoms with Gasteiger partial charge in [0.2, 0.25) is 5.76 Å². The van der Waals surface area contributed by atoms with Crippen molar-refractivity contribution >= 4 is 5.91 Å². The van der Waals surface area contributed by atoms with Crippen LogP contribution in [0.1, 0.15) is 29.1 Å². The largest absolute Gasteiger partial charge is 0.438 e. The molecule has 7 nitrogen and oxygen atoms in total. The van der Waals surface area contributed by atoms with E-state index in [0.29, 0.717) is 18.8 Å². The highest BCUT2D eigenvalue weighted by atomic mass is 16.3. The minimum atomic E-state index is -0.265. The van der Waals surface area contributed by atoms with Crippen LogP contribution in [0, 0.1) is 6.92 Å². The average Bonchev–Trinajstić information content (AvgIpc) is 2.69. The molecule has 0 unspecified atom stereocenters. The molecular formula is C9H13N5O2. The summed E-state index contributed by atoms with van der Waals surface area (Å²) in [6.07, 6.45) is 2.75. The van der Waals surface area contributed by atoms with Gasteiger partial charge in [0.25, 0.3) is 5.91 Å². The van der Waals surface area contributed by atoms with Crippen LogP contribution >= 0.6 is 0 Å². The summed E-state index contributed by atoms with van der Waals surface area (Å²) < 4.78 is 4.93. The Hall–Kier alpha value is -2.01. The molecule has 0 aliphatic carbocycles. The third-order valence-corrected chi connectivity index (χ3v) is 1.99. The van der Waals surface area contributed by atoms with E-state index < -0.39 is 0 Å². The fourth-order valence-corrected chi connectivity index (χ4v) is 1.15. The number of aryl methyl sites for hydroxylation is 1. The number of hydrogen-bond acceptors (Lipinski definition) is 4. The fourth-order valence-electron chi connectivity index (χ4n) is 1.15. The topological polar surface area (TPSA) is 104 Å². The van der Waals surface area contributed by atoms with Crippen molar-refractivity contribution in [2.45, 2.75) is 19.8 Å². The van der Waals surface area contributed by atoms with Crippen molar-refractivity contribution in [1.82, 2.24) is 10.3 Å². The van der Waals surface area contributed by atoms with Crippen LogP contribution in [-0.4, -0.2) is 24.0 Å². The van der Waals surface area contributed by atoms with Gasteiger partial charge in [-0.15, -0.1) is 0 Å². The first kappa shape index (κ1) is 12.1. The first-order valence-corrected chi connectivity index (χ1v) is 4.95. The molecular weight excluding hydrogens is 210 g/mol. The van der Waals surface area contributed by atoms with E-state index in [1.807, 2.05) is 0 Å². The van der Waals surface area contributed by atoms with Gasteiger partial charge in [0.05, 0.1) is 5.69 Å². The molecule has 16 heavy (non-hydrogen) atoms. The van der Waals surface area contributed by atoms with Crippen molar-refractivity contribution in [1.29, 1.82) is 0 Å². The standard InChI is InChI=1S/C9H13N5O2/c1-7-8(16-6-12-7)9(15)11-4-2-3-5-13-14-10/h6H,2-5H2,1H3,(H,11,15). The Morgan fingerprint density at radius 2 is 2.50 bits per heavy atom. The predicted molar refractivity (Wildman–Crippen MR) is 56.8 cm³/mol. The van der Waals surface area contributed by atoms with Crippen molar-refractivity contribution in [3.63, 3.8) is 0 Å². The van der Waals surface area contributed by atoms with Crippen LogP contribution < -0.4 is 5.32 Å². The number of carbonyl (C=O) groups excluding carboxylic acids is 1. The zero-order valence-electron chi connectivity index (χ0n) is 9.01. The van der Waals surface area contributed by atoms with Crippen LogP contribution in [0.2, 0.25) is 0 Å². The molecule has 1 aromatic rings. The molecule has 0 fully saturated rings. The Kier molecular flexibility index (Phi) is 4.88. The lowest BCUT2D eigenvalue weighted by molar-refractivity contribution is 0.0924. The van der Waals surface area contributed by atoms with Crippen molar-refractivity contribution < 1.29 is 9.21 Å². The van der Waals surface area contributed by atoms with Crippen LogP contribution in [-0.2, 0) is 0 Å². The molecule has 1 rings (SSSR count). The maximum absolute atomic E-state index is 11.5. The first-order valence-electron chi connectivity index (χ1n) is 4.95. The van der Waals surface area contributed by atoms with E-state index in [0.717, 1.165) is 12.8 Å². The Labute approximate surface area is 92.5 Å². The van der Waals surface area contributed by atoms with Crippen LogP contribution in [0.15, 0.2) is 15.9 Å². The third-order valence-electron chi connectivity index (χ3n) is 1.99. The summed E-state index contributed by atoms with van der Waals surface area (Å²) in [7, 11) is 0. The van der Waals surface area contributed by atoms with E-state index in [9.17, 15) is 4.79 Å². The highest BCUT2D eigenvalue weighted by Crippen LogP contribution is 2.04. The molecule has 1 heterocycles. The second-order valence-electron chi connectivity index (χ2n) is 3.18. The molecule has 1 amide bonds. The van der Waals surface area contributed by atoms with Crippen molar-refractivity contribution in [3.05, 3.63) is 28.3 Å². The molecule has 0 radical (unpaired) electrons. The second-order valence-corrected chi connectivity index (χ2v) is 3.18. The van der Waals surface area contributed by atoms with Crippen LogP contribution in [0.3, 0.4) is 0 Å². The molecule has 0 aromatic carbocycles. The summed E-state index contributed by atoms with van der Waals surface area (Å²) in [6, 6.07) is 0. The van der Waals surface area contributed by atoms with E-state index in [4.69, 9.17) is 9.95 Å². The maximum atomic E-state index is 11.5. The van der Waals surface area contributed by atoms with E-state index >= 15 is 0 Å². The molecule has 86 valence electrons. The minimum absolute atomic E-state index is 0.245. The normalized spacial score (nSPS) is 9.56. The Morgan fingerprint density at radius 1 is 1.69 bits per heavy atom. The SMILES string of the molecule is Cc1ncoc1C(=O)NCCCCN=[N+]=[N-]. The van der Waals surface area contributed by atoms with Crippen LogP contribution in [0.5, 0.6) is 0 Å². The fraction of sp³-hybridized carbons (Fsp3) is 0.556. The number of unbranched alkanes of at least 4 members (excludes halogenated alkanes) is 1.